The lowest BCUT2D eigenvalue weighted by Gasteiger charge is -2.21. The number of rotatable bonds is 2. The number of halogens is 2. The van der Waals surface area contributed by atoms with Crippen molar-refractivity contribution in [2.45, 2.75) is 18.4 Å². The van der Waals surface area contributed by atoms with Gasteiger partial charge in [-0.3, -0.25) is 0 Å². The maximum Gasteiger partial charge on any atom is 0.142 e. The predicted octanol–water partition coefficient (Wildman–Crippen LogP) is 2.89. The molecule has 1 heterocycles. The van der Waals surface area contributed by atoms with E-state index in [4.69, 9.17) is 11.6 Å². The van der Waals surface area contributed by atoms with Gasteiger partial charge in [0.1, 0.15) is 5.82 Å². The molecular weight excluding hydrogens is 235 g/mol. The predicted molar refractivity (Wildman–Crippen MR) is 62.0 cm³/mol. The van der Waals surface area contributed by atoms with E-state index >= 15 is 0 Å². The molecule has 1 aliphatic rings. The van der Waals surface area contributed by atoms with Gasteiger partial charge in [-0.25, -0.2) is 4.39 Å². The molecule has 0 aliphatic carbocycles. The Balaban J connectivity index is 2.20. The Morgan fingerprint density at radius 2 is 2.33 bits per heavy atom. The molecule has 1 saturated heterocycles. The summed E-state index contributed by atoms with van der Waals surface area (Å²) in [6, 6.07) is 4.73. The average molecular weight is 247 g/mol. The highest BCUT2D eigenvalue weighted by atomic mass is 35.5. The van der Waals surface area contributed by atoms with Gasteiger partial charge in [-0.05, 0) is 23.8 Å². The second-order valence-corrected chi connectivity index (χ2v) is 5.40. The smallest absolute Gasteiger partial charge is 0.142 e. The van der Waals surface area contributed by atoms with Gasteiger partial charge in [-0.15, -0.1) is 0 Å². The molecule has 0 spiro atoms. The van der Waals surface area contributed by atoms with Crippen molar-refractivity contribution in [3.8, 4) is 0 Å². The first-order chi connectivity index (χ1) is 7.11. The molecule has 1 unspecified atom stereocenters. The van der Waals surface area contributed by atoms with Crippen molar-refractivity contribution in [2.24, 2.45) is 0 Å². The van der Waals surface area contributed by atoms with Crippen LogP contribution in [0.15, 0.2) is 18.2 Å². The third kappa shape index (κ3) is 2.47. The van der Waals surface area contributed by atoms with Gasteiger partial charge in [0, 0.05) is 12.2 Å². The molecule has 82 valence electrons. The number of thioether (sulfide) groups is 1. The Bertz CT molecular complexity index is 364. The first-order valence-corrected chi connectivity index (χ1v) is 6.37. The summed E-state index contributed by atoms with van der Waals surface area (Å²) in [5, 5.41) is 10.3. The van der Waals surface area contributed by atoms with Gasteiger partial charge in [0.15, 0.2) is 0 Å². The average Bonchev–Trinajstić information content (AvgIpc) is 2.60. The monoisotopic (exact) mass is 246 g/mol. The zero-order valence-electron chi connectivity index (χ0n) is 8.17. The van der Waals surface area contributed by atoms with Crippen LogP contribution in [0.4, 0.5) is 4.39 Å². The van der Waals surface area contributed by atoms with Crippen LogP contribution in [0.1, 0.15) is 12.0 Å². The highest BCUT2D eigenvalue weighted by Crippen LogP contribution is 2.33. The van der Waals surface area contributed by atoms with Crippen LogP contribution in [0, 0.1) is 5.82 Å². The molecule has 1 aliphatic heterocycles. The molecule has 1 atom stereocenters. The van der Waals surface area contributed by atoms with E-state index in [1.807, 2.05) is 0 Å². The SMILES string of the molecule is OC1(Cc2cccc(F)c2Cl)CCSC1. The molecule has 0 amide bonds. The zero-order valence-corrected chi connectivity index (χ0v) is 9.74. The largest absolute Gasteiger partial charge is 0.389 e. The van der Waals surface area contributed by atoms with Crippen molar-refractivity contribution in [3.05, 3.63) is 34.6 Å². The maximum atomic E-state index is 13.2. The van der Waals surface area contributed by atoms with E-state index in [1.165, 1.54) is 6.07 Å². The minimum Gasteiger partial charge on any atom is -0.389 e. The van der Waals surface area contributed by atoms with Gasteiger partial charge in [-0.1, -0.05) is 23.7 Å². The molecule has 2 rings (SSSR count). The van der Waals surface area contributed by atoms with Gasteiger partial charge in [0.05, 0.1) is 10.6 Å². The van der Waals surface area contributed by atoms with Crippen molar-refractivity contribution in [2.75, 3.05) is 11.5 Å². The summed E-state index contributed by atoms with van der Waals surface area (Å²) < 4.78 is 13.2. The summed E-state index contributed by atoms with van der Waals surface area (Å²) in [6.45, 7) is 0. The lowest BCUT2D eigenvalue weighted by atomic mass is 9.94. The summed E-state index contributed by atoms with van der Waals surface area (Å²) in [6.07, 6.45) is 1.20. The van der Waals surface area contributed by atoms with Crippen LogP contribution in [0.3, 0.4) is 0 Å². The quantitative estimate of drug-likeness (QED) is 0.866. The molecule has 0 radical (unpaired) electrons. The van der Waals surface area contributed by atoms with Crippen molar-refractivity contribution < 1.29 is 9.50 Å². The first kappa shape index (κ1) is 11.2. The van der Waals surface area contributed by atoms with Crippen LogP contribution in [-0.4, -0.2) is 22.2 Å². The Morgan fingerprint density at radius 1 is 1.53 bits per heavy atom. The Morgan fingerprint density at radius 3 is 3.00 bits per heavy atom. The van der Waals surface area contributed by atoms with Crippen molar-refractivity contribution in [1.29, 1.82) is 0 Å². The Labute approximate surface area is 97.6 Å². The van der Waals surface area contributed by atoms with Crippen LogP contribution in [0.5, 0.6) is 0 Å². The first-order valence-electron chi connectivity index (χ1n) is 4.84. The van der Waals surface area contributed by atoms with Crippen molar-refractivity contribution in [3.63, 3.8) is 0 Å². The number of hydrogen-bond donors (Lipinski definition) is 1. The van der Waals surface area contributed by atoms with E-state index in [1.54, 1.807) is 23.9 Å². The second kappa shape index (κ2) is 4.32. The molecule has 1 fully saturated rings. The number of hydrogen-bond acceptors (Lipinski definition) is 2. The summed E-state index contributed by atoms with van der Waals surface area (Å²) in [7, 11) is 0. The molecule has 0 bridgehead atoms. The lowest BCUT2D eigenvalue weighted by Crippen LogP contribution is -2.30. The Hall–Kier alpha value is -0.250. The summed E-state index contributed by atoms with van der Waals surface area (Å²) in [4.78, 5) is 0. The van der Waals surface area contributed by atoms with Crippen molar-refractivity contribution >= 4 is 23.4 Å². The summed E-state index contributed by atoms with van der Waals surface area (Å²) in [5.74, 6) is 1.26. The van der Waals surface area contributed by atoms with E-state index in [2.05, 4.69) is 0 Å². The molecule has 1 N–H and O–H groups in total. The van der Waals surface area contributed by atoms with E-state index in [-0.39, 0.29) is 5.02 Å². The maximum absolute atomic E-state index is 13.2. The molecule has 1 nitrogen and oxygen atoms in total. The minimum atomic E-state index is -0.706. The number of aliphatic hydroxyl groups is 1. The normalized spacial score (nSPS) is 25.8. The van der Waals surface area contributed by atoms with E-state index < -0.39 is 11.4 Å². The van der Waals surface area contributed by atoms with Crippen LogP contribution >= 0.6 is 23.4 Å². The van der Waals surface area contributed by atoms with Gasteiger partial charge in [0.2, 0.25) is 0 Å². The summed E-state index contributed by atoms with van der Waals surface area (Å²) in [5.41, 5.74) is -0.0103. The third-order valence-corrected chi connectivity index (χ3v) is 4.29. The summed E-state index contributed by atoms with van der Waals surface area (Å²) >= 11 is 7.56. The van der Waals surface area contributed by atoms with E-state index in [9.17, 15) is 9.50 Å². The van der Waals surface area contributed by atoms with E-state index in [0.29, 0.717) is 17.7 Å². The second-order valence-electron chi connectivity index (χ2n) is 3.92. The molecule has 1 aromatic carbocycles. The van der Waals surface area contributed by atoms with Crippen molar-refractivity contribution in [1.82, 2.24) is 0 Å². The van der Waals surface area contributed by atoms with Crippen LogP contribution in [0.2, 0.25) is 5.02 Å². The standard InChI is InChI=1S/C11H12ClFOS/c12-10-8(2-1-3-9(10)13)6-11(14)4-5-15-7-11/h1-3,14H,4-7H2. The fourth-order valence-electron chi connectivity index (χ4n) is 1.78. The zero-order chi connectivity index (χ0) is 10.9. The van der Waals surface area contributed by atoms with Gasteiger partial charge < -0.3 is 5.11 Å². The van der Waals surface area contributed by atoms with Gasteiger partial charge in [0.25, 0.3) is 0 Å². The highest BCUT2D eigenvalue weighted by Gasteiger charge is 2.32. The van der Waals surface area contributed by atoms with Crippen LogP contribution < -0.4 is 0 Å². The lowest BCUT2D eigenvalue weighted by molar-refractivity contribution is 0.0686. The molecule has 0 saturated carbocycles. The van der Waals surface area contributed by atoms with Crippen LogP contribution in [0.25, 0.3) is 0 Å². The number of benzene rings is 1. The third-order valence-electron chi connectivity index (χ3n) is 2.63. The molecule has 1 aromatic rings. The van der Waals surface area contributed by atoms with Crippen LogP contribution in [-0.2, 0) is 6.42 Å². The molecule has 15 heavy (non-hydrogen) atoms. The molecule has 0 aromatic heterocycles. The van der Waals surface area contributed by atoms with Gasteiger partial charge >= 0.3 is 0 Å². The molecular formula is C11H12ClFOS. The van der Waals surface area contributed by atoms with Gasteiger partial charge in [-0.2, -0.15) is 11.8 Å². The highest BCUT2D eigenvalue weighted by molar-refractivity contribution is 7.99. The minimum absolute atomic E-state index is 0.142. The van der Waals surface area contributed by atoms with E-state index in [0.717, 1.165) is 12.2 Å². The fourth-order valence-corrected chi connectivity index (χ4v) is 3.26. The molecule has 4 heteroatoms. The topological polar surface area (TPSA) is 20.2 Å². The fraction of sp³-hybridized carbons (Fsp3) is 0.455. The Kier molecular flexibility index (Phi) is 3.24.